The first-order valence-corrected chi connectivity index (χ1v) is 12.7. The number of H-pyrrole nitrogens is 1. The Morgan fingerprint density at radius 3 is 2.19 bits per heavy atom. The van der Waals surface area contributed by atoms with E-state index in [0.717, 1.165) is 49.3 Å². The third-order valence-electron chi connectivity index (χ3n) is 7.53. The Morgan fingerprint density at radius 2 is 1.62 bits per heavy atom. The highest BCUT2D eigenvalue weighted by molar-refractivity contribution is 5.83. The Hall–Kier alpha value is -3.80. The first-order valence-electron chi connectivity index (χ1n) is 12.7. The topological polar surface area (TPSA) is 66.0 Å². The van der Waals surface area contributed by atoms with Crippen molar-refractivity contribution in [2.45, 2.75) is 50.9 Å². The van der Waals surface area contributed by atoms with Crippen LogP contribution >= 0.6 is 0 Å². The molecule has 5 rings (SSSR count). The van der Waals surface area contributed by atoms with Crippen LogP contribution in [0.3, 0.4) is 0 Å². The van der Waals surface area contributed by atoms with Gasteiger partial charge in [-0.1, -0.05) is 61.2 Å². The quantitative estimate of drug-likeness (QED) is 0.268. The summed E-state index contributed by atoms with van der Waals surface area (Å²) >= 11 is 0. The van der Waals surface area contributed by atoms with Crippen LogP contribution in [0.5, 0.6) is 0 Å². The van der Waals surface area contributed by atoms with E-state index in [0.29, 0.717) is 34.3 Å². The first-order chi connectivity index (χ1) is 17.7. The van der Waals surface area contributed by atoms with E-state index < -0.39 is 11.9 Å². The number of rotatable bonds is 7. The van der Waals surface area contributed by atoms with Crippen LogP contribution < -0.4 is 0 Å². The van der Waals surface area contributed by atoms with Crippen LogP contribution in [0.15, 0.2) is 67.2 Å². The second-order valence-corrected chi connectivity index (χ2v) is 10.1. The summed E-state index contributed by atoms with van der Waals surface area (Å²) in [6.07, 6.45) is 5.73. The van der Waals surface area contributed by atoms with Gasteiger partial charge in [0.1, 0.15) is 5.82 Å². The van der Waals surface area contributed by atoms with Crippen molar-refractivity contribution in [2.24, 2.45) is 5.92 Å². The Morgan fingerprint density at radius 1 is 1.03 bits per heavy atom. The summed E-state index contributed by atoms with van der Waals surface area (Å²) < 4.78 is 28.1. The molecule has 0 radical (unpaired) electrons. The van der Waals surface area contributed by atoms with Crippen LogP contribution in [-0.2, 0) is 10.7 Å². The highest BCUT2D eigenvalue weighted by atomic mass is 19.3. The third kappa shape index (κ3) is 5.33. The lowest BCUT2D eigenvalue weighted by Gasteiger charge is -2.28. The number of carbonyl (C=O) groups is 1. The van der Waals surface area contributed by atoms with Gasteiger partial charge in [-0.05, 0) is 71.9 Å². The summed E-state index contributed by atoms with van der Waals surface area (Å²) in [5.74, 6) is -2.25. The maximum absolute atomic E-state index is 14.1. The number of nitrogens with zero attached hydrogens (tertiary/aromatic N) is 1. The maximum Gasteiger partial charge on any atom is 0.303 e. The summed E-state index contributed by atoms with van der Waals surface area (Å²) in [6.45, 7) is 4.55. The molecule has 1 saturated carbocycles. The van der Waals surface area contributed by atoms with Crippen molar-refractivity contribution in [1.29, 1.82) is 0 Å². The summed E-state index contributed by atoms with van der Waals surface area (Å²) in [6, 6.07) is 19.8. The molecule has 1 aromatic heterocycles. The van der Waals surface area contributed by atoms with Crippen LogP contribution in [0.1, 0.15) is 61.6 Å². The number of hydrogen-bond acceptors (Lipinski definition) is 2. The van der Waals surface area contributed by atoms with Crippen LogP contribution in [0.2, 0.25) is 0 Å². The van der Waals surface area contributed by atoms with Crippen molar-refractivity contribution in [3.63, 3.8) is 0 Å². The van der Waals surface area contributed by atoms with Gasteiger partial charge in [0.05, 0.1) is 11.0 Å². The number of alkyl halides is 2. The van der Waals surface area contributed by atoms with Gasteiger partial charge in [0, 0.05) is 24.5 Å². The Bertz CT molecular complexity index is 1430. The molecule has 0 saturated heterocycles. The SMILES string of the molecule is C=Cc1cc2nc(-c3ccc(-c4ccc(C5CCC(CC(=O)O)CC5)cc4)cc3)[nH]c2cc1C(C)(F)F. The minimum atomic E-state index is -2.97. The van der Waals surface area contributed by atoms with Gasteiger partial charge in [0.15, 0.2) is 0 Å². The zero-order chi connectivity index (χ0) is 26.2. The van der Waals surface area contributed by atoms with Crippen LogP contribution in [0.4, 0.5) is 8.78 Å². The summed E-state index contributed by atoms with van der Waals surface area (Å²) in [4.78, 5) is 18.8. The highest BCUT2D eigenvalue weighted by Gasteiger charge is 2.28. The fourth-order valence-electron chi connectivity index (χ4n) is 5.47. The maximum atomic E-state index is 14.1. The van der Waals surface area contributed by atoms with Crippen molar-refractivity contribution < 1.29 is 18.7 Å². The minimum absolute atomic E-state index is 0.0719. The number of aliphatic carboxylic acids is 1. The lowest BCUT2D eigenvalue weighted by atomic mass is 9.77. The van der Waals surface area contributed by atoms with Crippen LogP contribution in [0.25, 0.3) is 39.6 Å². The lowest BCUT2D eigenvalue weighted by molar-refractivity contribution is -0.138. The van der Waals surface area contributed by atoms with Crippen molar-refractivity contribution in [1.82, 2.24) is 9.97 Å². The number of carboxylic acids is 1. The monoisotopic (exact) mass is 500 g/mol. The van der Waals surface area contributed by atoms with E-state index in [1.165, 1.54) is 17.7 Å². The molecule has 1 aliphatic rings. The average molecular weight is 501 g/mol. The molecule has 37 heavy (non-hydrogen) atoms. The van der Waals surface area contributed by atoms with Crippen LogP contribution in [0, 0.1) is 5.92 Å². The number of nitrogens with one attached hydrogen (secondary N) is 1. The van der Waals surface area contributed by atoms with Gasteiger partial charge in [0.25, 0.3) is 5.92 Å². The second kappa shape index (κ2) is 9.92. The molecule has 1 aliphatic carbocycles. The smallest absolute Gasteiger partial charge is 0.303 e. The molecule has 1 heterocycles. The first kappa shape index (κ1) is 24.9. The van der Waals surface area contributed by atoms with E-state index in [1.807, 2.05) is 24.3 Å². The highest BCUT2D eigenvalue weighted by Crippen LogP contribution is 2.38. The number of fused-ring (bicyclic) bond motifs is 1. The number of imidazole rings is 1. The van der Waals surface area contributed by atoms with E-state index in [1.54, 1.807) is 6.07 Å². The van der Waals surface area contributed by atoms with Crippen molar-refractivity contribution in [3.05, 3.63) is 83.9 Å². The molecule has 190 valence electrons. The molecule has 3 aromatic carbocycles. The van der Waals surface area contributed by atoms with Gasteiger partial charge in [-0.2, -0.15) is 0 Å². The van der Waals surface area contributed by atoms with Crippen molar-refractivity contribution in [2.75, 3.05) is 0 Å². The molecule has 6 heteroatoms. The number of halogens is 2. The number of aromatic nitrogens is 2. The average Bonchev–Trinajstić information content (AvgIpc) is 3.31. The normalized spacial score (nSPS) is 18.1. The van der Waals surface area contributed by atoms with Gasteiger partial charge in [-0.3, -0.25) is 4.79 Å². The number of aromatic amines is 1. The molecule has 1 fully saturated rings. The number of carboxylic acid groups (broad SMARTS) is 1. The zero-order valence-electron chi connectivity index (χ0n) is 20.8. The van der Waals surface area contributed by atoms with E-state index in [4.69, 9.17) is 5.11 Å². The third-order valence-corrected chi connectivity index (χ3v) is 7.53. The molecule has 0 atom stereocenters. The molecular formula is C31H30F2N2O2. The van der Waals surface area contributed by atoms with Gasteiger partial charge >= 0.3 is 5.97 Å². The molecule has 0 spiro atoms. The Kier molecular flexibility index (Phi) is 6.67. The van der Waals surface area contributed by atoms with Gasteiger partial charge in [-0.15, -0.1) is 0 Å². The lowest BCUT2D eigenvalue weighted by Crippen LogP contribution is -2.16. The largest absolute Gasteiger partial charge is 0.481 e. The summed E-state index contributed by atoms with van der Waals surface area (Å²) in [5.41, 5.74) is 5.88. The minimum Gasteiger partial charge on any atom is -0.481 e. The van der Waals surface area contributed by atoms with Gasteiger partial charge in [-0.25, -0.2) is 13.8 Å². The molecule has 0 amide bonds. The van der Waals surface area contributed by atoms with E-state index in [9.17, 15) is 13.6 Å². The summed E-state index contributed by atoms with van der Waals surface area (Å²) in [7, 11) is 0. The predicted octanol–water partition coefficient (Wildman–Crippen LogP) is 8.40. The fraction of sp³-hybridized carbons (Fsp3) is 0.290. The molecule has 2 N–H and O–H groups in total. The van der Waals surface area contributed by atoms with E-state index in [2.05, 4.69) is 40.8 Å². The fourth-order valence-corrected chi connectivity index (χ4v) is 5.47. The molecule has 4 aromatic rings. The summed E-state index contributed by atoms with van der Waals surface area (Å²) in [5, 5.41) is 9.02. The standard InChI is InChI=1S/C31H30F2N2O2/c1-3-20-17-27-28(18-26(20)31(2,32)33)35-30(34-27)25-14-12-24(13-15-25)23-10-8-22(9-11-23)21-6-4-19(5-7-21)16-29(36)37/h3,8-15,17-19,21H,1,4-7,16H2,2H3,(H,34,35)(H,36,37). The molecule has 0 unspecified atom stereocenters. The Balaban J connectivity index is 1.31. The number of benzene rings is 3. The molecule has 4 nitrogen and oxygen atoms in total. The predicted molar refractivity (Wildman–Crippen MR) is 144 cm³/mol. The van der Waals surface area contributed by atoms with E-state index >= 15 is 0 Å². The number of hydrogen-bond donors (Lipinski definition) is 2. The van der Waals surface area contributed by atoms with Gasteiger partial charge in [0.2, 0.25) is 0 Å². The Labute approximate surface area is 215 Å². The van der Waals surface area contributed by atoms with Crippen molar-refractivity contribution in [3.8, 4) is 22.5 Å². The van der Waals surface area contributed by atoms with Crippen LogP contribution in [-0.4, -0.2) is 21.0 Å². The second-order valence-electron chi connectivity index (χ2n) is 10.1. The molecule has 0 bridgehead atoms. The molecular weight excluding hydrogens is 470 g/mol. The van der Waals surface area contributed by atoms with Gasteiger partial charge < -0.3 is 10.1 Å². The van der Waals surface area contributed by atoms with E-state index in [-0.39, 0.29) is 12.0 Å². The molecule has 0 aliphatic heterocycles. The van der Waals surface area contributed by atoms with Crippen molar-refractivity contribution >= 4 is 23.1 Å². The zero-order valence-corrected chi connectivity index (χ0v) is 20.8.